The number of nitrogens with zero attached hydrogens (tertiary/aromatic N) is 4. The summed E-state index contributed by atoms with van der Waals surface area (Å²) >= 11 is 0. The topological polar surface area (TPSA) is 116 Å². The van der Waals surface area contributed by atoms with E-state index < -0.39 is 5.82 Å². The maximum Gasteiger partial charge on any atom is 0.322 e. The van der Waals surface area contributed by atoms with Crippen molar-refractivity contribution in [2.75, 3.05) is 11.1 Å². The van der Waals surface area contributed by atoms with Gasteiger partial charge in [0.25, 0.3) is 5.91 Å². The highest BCUT2D eigenvalue weighted by Crippen LogP contribution is 2.36. The quantitative estimate of drug-likeness (QED) is 0.405. The van der Waals surface area contributed by atoms with Crippen LogP contribution in [0.3, 0.4) is 0 Å². The lowest BCUT2D eigenvalue weighted by atomic mass is 9.99. The Balaban J connectivity index is 1.63. The summed E-state index contributed by atoms with van der Waals surface area (Å²) in [7, 11) is 0. The molecule has 0 spiro atoms. The normalized spacial score (nSPS) is 10.3. The third-order valence-electron chi connectivity index (χ3n) is 4.87. The highest BCUT2D eigenvalue weighted by atomic mass is 19.1. The van der Waals surface area contributed by atoms with Gasteiger partial charge in [0.2, 0.25) is 0 Å². The smallest absolute Gasteiger partial charge is 0.322 e. The van der Waals surface area contributed by atoms with Gasteiger partial charge in [0.1, 0.15) is 12.1 Å². The molecule has 2 aromatic carbocycles. The number of halogens is 1. The molecule has 0 bridgehead atoms. The SMILES string of the molecule is CCC#CC(=O)Nc1ccc(-c2ncnc(N)c2-c2ccc(Oc3nccc(C)n3)c(F)c2)cc1. The van der Waals surface area contributed by atoms with Crippen LogP contribution in [0.15, 0.2) is 61.1 Å². The molecule has 0 fully saturated rings. The molecular weight excluding hydrogens is 447 g/mol. The summed E-state index contributed by atoms with van der Waals surface area (Å²) in [4.78, 5) is 28.4. The summed E-state index contributed by atoms with van der Waals surface area (Å²) in [6.07, 6.45) is 3.47. The number of carbonyl (C=O) groups is 1. The molecule has 0 atom stereocenters. The number of anilines is 2. The van der Waals surface area contributed by atoms with E-state index in [1.165, 1.54) is 24.7 Å². The van der Waals surface area contributed by atoms with Gasteiger partial charge in [-0.05, 0) is 48.7 Å². The van der Waals surface area contributed by atoms with Gasteiger partial charge in [-0.3, -0.25) is 4.79 Å². The number of nitrogen functional groups attached to an aromatic ring is 1. The molecular formula is C26H21FN6O2. The second-order valence-electron chi connectivity index (χ2n) is 7.40. The molecule has 0 aliphatic carbocycles. The number of benzene rings is 2. The van der Waals surface area contributed by atoms with Crippen LogP contribution in [0.2, 0.25) is 0 Å². The molecule has 35 heavy (non-hydrogen) atoms. The van der Waals surface area contributed by atoms with E-state index in [1.807, 2.05) is 6.92 Å². The number of nitrogens with one attached hydrogen (secondary N) is 1. The standard InChI is InChI=1S/C26H21FN6O2/c1-3-4-5-22(34)33-19-9-6-17(7-10-19)24-23(25(28)31-15-30-24)18-8-11-21(20(27)14-18)35-26-29-13-12-16(2)32-26/h6-15H,3H2,1-2H3,(H,33,34)(H2,28,30,31). The van der Waals surface area contributed by atoms with Gasteiger partial charge < -0.3 is 15.8 Å². The van der Waals surface area contributed by atoms with Crippen LogP contribution in [-0.2, 0) is 4.79 Å². The number of hydrogen-bond acceptors (Lipinski definition) is 7. The first-order valence-electron chi connectivity index (χ1n) is 10.7. The van der Waals surface area contributed by atoms with E-state index in [-0.39, 0.29) is 23.5 Å². The van der Waals surface area contributed by atoms with Crippen molar-refractivity contribution in [3.8, 4) is 46.0 Å². The van der Waals surface area contributed by atoms with Crippen molar-refractivity contribution in [2.45, 2.75) is 20.3 Å². The van der Waals surface area contributed by atoms with E-state index >= 15 is 0 Å². The number of hydrogen-bond donors (Lipinski definition) is 2. The summed E-state index contributed by atoms with van der Waals surface area (Å²) in [5.74, 6) is 4.39. The average Bonchev–Trinajstić information content (AvgIpc) is 2.84. The average molecular weight is 468 g/mol. The predicted octanol–water partition coefficient (Wildman–Crippen LogP) is 4.77. The molecule has 0 saturated carbocycles. The minimum absolute atomic E-state index is 0.0254. The second-order valence-corrected chi connectivity index (χ2v) is 7.40. The highest BCUT2D eigenvalue weighted by Gasteiger charge is 2.17. The second kappa shape index (κ2) is 10.4. The maximum absolute atomic E-state index is 14.9. The fourth-order valence-corrected chi connectivity index (χ4v) is 3.26. The molecule has 0 saturated heterocycles. The van der Waals surface area contributed by atoms with E-state index in [2.05, 4.69) is 37.1 Å². The predicted molar refractivity (Wildman–Crippen MR) is 131 cm³/mol. The zero-order chi connectivity index (χ0) is 24.8. The minimum Gasteiger partial charge on any atom is -0.421 e. The van der Waals surface area contributed by atoms with Crippen molar-refractivity contribution in [1.29, 1.82) is 0 Å². The van der Waals surface area contributed by atoms with Crippen LogP contribution in [0.4, 0.5) is 15.9 Å². The number of nitrogens with two attached hydrogens (primary N) is 1. The number of ether oxygens (including phenoxy) is 1. The Labute approximate surface area is 201 Å². The van der Waals surface area contributed by atoms with E-state index in [4.69, 9.17) is 10.5 Å². The summed E-state index contributed by atoms with van der Waals surface area (Å²) in [6.45, 7) is 3.65. The molecule has 3 N–H and O–H groups in total. The summed E-state index contributed by atoms with van der Waals surface area (Å²) < 4.78 is 20.4. The summed E-state index contributed by atoms with van der Waals surface area (Å²) in [5, 5.41) is 2.71. The molecule has 0 aliphatic rings. The van der Waals surface area contributed by atoms with E-state index in [0.29, 0.717) is 40.2 Å². The Morgan fingerprint density at radius 1 is 1.09 bits per heavy atom. The molecule has 0 unspecified atom stereocenters. The summed E-state index contributed by atoms with van der Waals surface area (Å²) in [5.41, 5.74) is 9.61. The van der Waals surface area contributed by atoms with Gasteiger partial charge in [-0.15, -0.1) is 0 Å². The monoisotopic (exact) mass is 468 g/mol. The van der Waals surface area contributed by atoms with Gasteiger partial charge in [0.15, 0.2) is 11.6 Å². The third-order valence-corrected chi connectivity index (χ3v) is 4.87. The Hall–Kier alpha value is -4.84. The molecule has 0 radical (unpaired) electrons. The van der Waals surface area contributed by atoms with Crippen LogP contribution in [0, 0.1) is 24.6 Å². The third kappa shape index (κ3) is 5.57. The Morgan fingerprint density at radius 2 is 1.86 bits per heavy atom. The van der Waals surface area contributed by atoms with Crippen molar-refractivity contribution in [1.82, 2.24) is 19.9 Å². The number of carbonyl (C=O) groups excluding carboxylic acids is 1. The molecule has 9 heteroatoms. The van der Waals surface area contributed by atoms with E-state index in [0.717, 1.165) is 0 Å². The van der Waals surface area contributed by atoms with Gasteiger partial charge >= 0.3 is 6.01 Å². The lowest BCUT2D eigenvalue weighted by Crippen LogP contribution is -2.08. The van der Waals surface area contributed by atoms with Crippen molar-refractivity contribution in [3.05, 3.63) is 72.6 Å². The maximum atomic E-state index is 14.9. The van der Waals surface area contributed by atoms with E-state index in [9.17, 15) is 9.18 Å². The van der Waals surface area contributed by atoms with Crippen LogP contribution in [0.1, 0.15) is 19.0 Å². The van der Waals surface area contributed by atoms with Crippen LogP contribution in [-0.4, -0.2) is 25.8 Å². The van der Waals surface area contributed by atoms with E-state index in [1.54, 1.807) is 43.3 Å². The highest BCUT2D eigenvalue weighted by molar-refractivity contribution is 6.04. The first-order chi connectivity index (χ1) is 16.9. The van der Waals surface area contributed by atoms with Gasteiger partial charge in [-0.25, -0.2) is 24.3 Å². The van der Waals surface area contributed by atoms with Gasteiger partial charge in [-0.1, -0.05) is 31.0 Å². The first kappa shape index (κ1) is 23.3. The Kier molecular flexibility index (Phi) is 6.93. The molecule has 8 nitrogen and oxygen atoms in total. The van der Waals surface area contributed by atoms with Crippen molar-refractivity contribution >= 4 is 17.4 Å². The van der Waals surface area contributed by atoms with Gasteiger partial charge in [-0.2, -0.15) is 0 Å². The zero-order valence-electron chi connectivity index (χ0n) is 19.0. The zero-order valence-corrected chi connectivity index (χ0v) is 19.0. The van der Waals surface area contributed by atoms with Gasteiger partial charge in [0.05, 0.1) is 11.3 Å². The van der Waals surface area contributed by atoms with Crippen molar-refractivity contribution < 1.29 is 13.9 Å². The summed E-state index contributed by atoms with van der Waals surface area (Å²) in [6, 6.07) is 13.2. The van der Waals surface area contributed by atoms with Gasteiger partial charge in [0, 0.05) is 29.6 Å². The van der Waals surface area contributed by atoms with Crippen LogP contribution in [0.25, 0.3) is 22.4 Å². The molecule has 2 heterocycles. The number of aryl methyl sites for hydroxylation is 1. The van der Waals surface area contributed by atoms with Crippen molar-refractivity contribution in [2.24, 2.45) is 0 Å². The molecule has 174 valence electrons. The Bertz CT molecular complexity index is 1440. The van der Waals surface area contributed by atoms with Crippen LogP contribution < -0.4 is 15.8 Å². The van der Waals surface area contributed by atoms with Crippen molar-refractivity contribution in [3.63, 3.8) is 0 Å². The van der Waals surface area contributed by atoms with Crippen LogP contribution in [0.5, 0.6) is 11.8 Å². The molecule has 0 aliphatic heterocycles. The lowest BCUT2D eigenvalue weighted by molar-refractivity contribution is -0.111. The largest absolute Gasteiger partial charge is 0.421 e. The minimum atomic E-state index is -0.618. The number of rotatable bonds is 5. The first-order valence-corrected chi connectivity index (χ1v) is 10.7. The molecule has 1 amide bonds. The lowest BCUT2D eigenvalue weighted by Gasteiger charge is -2.13. The number of amides is 1. The fourth-order valence-electron chi connectivity index (χ4n) is 3.26. The fraction of sp³-hybridized carbons (Fsp3) is 0.115. The van der Waals surface area contributed by atoms with Crippen LogP contribution >= 0.6 is 0 Å². The molecule has 2 aromatic heterocycles. The number of aromatic nitrogens is 4. The molecule has 4 aromatic rings. The molecule has 4 rings (SSSR count). The Morgan fingerprint density at radius 3 is 2.57 bits per heavy atom.